The van der Waals surface area contributed by atoms with Crippen LogP contribution in [0, 0.1) is 0 Å². The quantitative estimate of drug-likeness (QED) is 0.842. The van der Waals surface area contributed by atoms with Crippen LogP contribution in [0.15, 0.2) is 22.7 Å². The summed E-state index contributed by atoms with van der Waals surface area (Å²) < 4.78 is 24.8. The standard InChI is InChI=1S/C10H12N2O2S2/c1-2-3-7-16(13,14)10-12-9-8(15-10)5-4-6-11-9/h4-6H,2-3,7H2,1H3. The number of pyridine rings is 1. The zero-order valence-electron chi connectivity index (χ0n) is 8.88. The van der Waals surface area contributed by atoms with Crippen LogP contribution in [0.1, 0.15) is 19.8 Å². The number of aromatic nitrogens is 2. The molecule has 0 bridgehead atoms. The third-order valence-electron chi connectivity index (χ3n) is 2.18. The van der Waals surface area contributed by atoms with Crippen molar-refractivity contribution in [3.63, 3.8) is 0 Å². The Morgan fingerprint density at radius 1 is 1.44 bits per heavy atom. The Morgan fingerprint density at radius 3 is 2.94 bits per heavy atom. The molecule has 0 spiro atoms. The molecule has 0 aromatic carbocycles. The fourth-order valence-corrected chi connectivity index (χ4v) is 4.06. The molecule has 0 aliphatic carbocycles. The van der Waals surface area contributed by atoms with Crippen molar-refractivity contribution in [2.75, 3.05) is 5.75 Å². The second-order valence-electron chi connectivity index (χ2n) is 3.48. The second kappa shape index (κ2) is 4.47. The molecule has 6 heteroatoms. The summed E-state index contributed by atoms with van der Waals surface area (Å²) >= 11 is 1.19. The first kappa shape index (κ1) is 11.5. The summed E-state index contributed by atoms with van der Waals surface area (Å²) in [5.74, 6) is 0.170. The van der Waals surface area contributed by atoms with E-state index in [0.29, 0.717) is 12.1 Å². The van der Waals surface area contributed by atoms with E-state index in [9.17, 15) is 8.42 Å². The van der Waals surface area contributed by atoms with Crippen LogP contribution in [0.2, 0.25) is 0 Å². The molecule has 0 amide bonds. The number of sulfone groups is 1. The van der Waals surface area contributed by atoms with Crippen LogP contribution in [0.25, 0.3) is 10.3 Å². The number of hydrogen-bond acceptors (Lipinski definition) is 5. The van der Waals surface area contributed by atoms with Crippen LogP contribution in [0.4, 0.5) is 0 Å². The molecule has 16 heavy (non-hydrogen) atoms. The normalized spacial score (nSPS) is 12.1. The molecule has 0 unspecified atom stereocenters. The van der Waals surface area contributed by atoms with Gasteiger partial charge in [0.15, 0.2) is 5.65 Å². The number of rotatable bonds is 4. The lowest BCUT2D eigenvalue weighted by Crippen LogP contribution is -2.05. The Kier molecular flexibility index (Phi) is 3.20. The summed E-state index contributed by atoms with van der Waals surface area (Å²) in [6.07, 6.45) is 3.15. The van der Waals surface area contributed by atoms with E-state index in [4.69, 9.17) is 0 Å². The van der Waals surface area contributed by atoms with Gasteiger partial charge in [0, 0.05) is 6.20 Å². The van der Waals surface area contributed by atoms with Crippen LogP contribution in [-0.2, 0) is 9.84 Å². The van der Waals surface area contributed by atoms with E-state index in [-0.39, 0.29) is 10.1 Å². The monoisotopic (exact) mass is 256 g/mol. The summed E-state index contributed by atoms with van der Waals surface area (Å²) in [6, 6.07) is 3.61. The molecule has 2 heterocycles. The van der Waals surface area contributed by atoms with Crippen LogP contribution in [0.5, 0.6) is 0 Å². The molecule has 4 nitrogen and oxygen atoms in total. The molecule has 86 valence electrons. The van der Waals surface area contributed by atoms with Crippen molar-refractivity contribution in [2.45, 2.75) is 24.1 Å². The van der Waals surface area contributed by atoms with Crippen molar-refractivity contribution in [3.05, 3.63) is 18.3 Å². The fourth-order valence-electron chi connectivity index (χ4n) is 1.30. The molecule has 0 saturated carbocycles. The third-order valence-corrected chi connectivity index (χ3v) is 5.44. The largest absolute Gasteiger partial charge is 0.236 e. The van der Waals surface area contributed by atoms with Crippen molar-refractivity contribution in [2.24, 2.45) is 0 Å². The highest BCUT2D eigenvalue weighted by molar-refractivity contribution is 7.93. The average molecular weight is 256 g/mol. The second-order valence-corrected chi connectivity index (χ2v) is 6.79. The highest BCUT2D eigenvalue weighted by Gasteiger charge is 2.19. The third kappa shape index (κ3) is 2.22. The zero-order valence-corrected chi connectivity index (χ0v) is 10.5. The van der Waals surface area contributed by atoms with E-state index in [0.717, 1.165) is 11.1 Å². The molecule has 0 aliphatic rings. The Hall–Kier alpha value is -1.01. The van der Waals surface area contributed by atoms with E-state index in [2.05, 4.69) is 9.97 Å². The summed E-state index contributed by atoms with van der Waals surface area (Å²) in [5, 5.41) is 0. The van der Waals surface area contributed by atoms with E-state index < -0.39 is 9.84 Å². The highest BCUT2D eigenvalue weighted by atomic mass is 32.2. The van der Waals surface area contributed by atoms with Crippen molar-refractivity contribution >= 4 is 31.5 Å². The summed E-state index contributed by atoms with van der Waals surface area (Å²) in [4.78, 5) is 8.09. The number of thiazole rings is 1. The summed E-state index contributed by atoms with van der Waals surface area (Å²) in [7, 11) is -3.22. The smallest absolute Gasteiger partial charge is 0.211 e. The molecule has 2 aromatic rings. The first-order valence-corrected chi connectivity index (χ1v) is 7.54. The molecule has 0 N–H and O–H groups in total. The SMILES string of the molecule is CCCCS(=O)(=O)c1nc2ncccc2s1. The maximum atomic E-state index is 11.9. The lowest BCUT2D eigenvalue weighted by molar-refractivity contribution is 0.592. The lowest BCUT2D eigenvalue weighted by atomic mass is 10.4. The van der Waals surface area contributed by atoms with Crippen molar-refractivity contribution < 1.29 is 8.42 Å². The Labute approximate surface area is 98.3 Å². The molecule has 0 aliphatic heterocycles. The van der Waals surface area contributed by atoms with Gasteiger partial charge in [0.2, 0.25) is 14.2 Å². The summed E-state index contributed by atoms with van der Waals surface area (Å²) in [6.45, 7) is 1.97. The van der Waals surface area contributed by atoms with E-state index in [1.54, 1.807) is 12.3 Å². The van der Waals surface area contributed by atoms with Gasteiger partial charge in [-0.2, -0.15) is 0 Å². The van der Waals surface area contributed by atoms with E-state index in [1.165, 1.54) is 11.3 Å². The minimum atomic E-state index is -3.22. The van der Waals surface area contributed by atoms with Gasteiger partial charge in [-0.15, -0.1) is 11.3 Å². The highest BCUT2D eigenvalue weighted by Crippen LogP contribution is 2.24. The number of unbranched alkanes of at least 4 members (excludes halogenated alkanes) is 1. The maximum absolute atomic E-state index is 11.9. The Morgan fingerprint density at radius 2 is 2.25 bits per heavy atom. The van der Waals surface area contributed by atoms with Gasteiger partial charge in [0.1, 0.15) is 0 Å². The first-order valence-electron chi connectivity index (χ1n) is 5.08. The average Bonchev–Trinajstić information content (AvgIpc) is 2.71. The molecule has 2 rings (SSSR count). The van der Waals surface area contributed by atoms with Gasteiger partial charge in [-0.25, -0.2) is 18.4 Å². The number of hydrogen-bond donors (Lipinski definition) is 0. The van der Waals surface area contributed by atoms with Gasteiger partial charge in [0.25, 0.3) is 0 Å². The predicted molar refractivity (Wildman–Crippen MR) is 64.4 cm³/mol. The van der Waals surface area contributed by atoms with E-state index >= 15 is 0 Å². The van der Waals surface area contributed by atoms with Gasteiger partial charge in [-0.05, 0) is 18.6 Å². The predicted octanol–water partition coefficient (Wildman–Crippen LogP) is 2.27. The Balaban J connectivity index is 2.40. The zero-order chi connectivity index (χ0) is 11.6. The molecular weight excluding hydrogens is 244 g/mol. The summed E-state index contributed by atoms with van der Waals surface area (Å²) in [5.41, 5.74) is 0.516. The van der Waals surface area contributed by atoms with Crippen molar-refractivity contribution in [1.82, 2.24) is 9.97 Å². The number of nitrogens with zero attached hydrogens (tertiary/aromatic N) is 2. The van der Waals surface area contributed by atoms with Crippen LogP contribution >= 0.6 is 11.3 Å². The number of fused-ring (bicyclic) bond motifs is 1. The van der Waals surface area contributed by atoms with Crippen LogP contribution < -0.4 is 0 Å². The van der Waals surface area contributed by atoms with Crippen molar-refractivity contribution in [3.8, 4) is 0 Å². The minimum Gasteiger partial charge on any atom is -0.236 e. The van der Waals surface area contributed by atoms with Gasteiger partial charge in [0.05, 0.1) is 10.5 Å². The van der Waals surface area contributed by atoms with Crippen molar-refractivity contribution in [1.29, 1.82) is 0 Å². The fraction of sp³-hybridized carbons (Fsp3) is 0.400. The Bertz CT molecular complexity index is 557. The molecule has 0 saturated heterocycles. The lowest BCUT2D eigenvalue weighted by Gasteiger charge is -1.97. The van der Waals surface area contributed by atoms with Gasteiger partial charge in [-0.1, -0.05) is 13.3 Å². The topological polar surface area (TPSA) is 59.9 Å². The van der Waals surface area contributed by atoms with Crippen LogP contribution in [-0.4, -0.2) is 24.1 Å². The molecule has 2 aromatic heterocycles. The molecule has 0 fully saturated rings. The van der Waals surface area contributed by atoms with E-state index in [1.807, 2.05) is 13.0 Å². The molecular formula is C10H12N2O2S2. The van der Waals surface area contributed by atoms with Gasteiger partial charge in [-0.3, -0.25) is 0 Å². The molecule has 0 radical (unpaired) electrons. The van der Waals surface area contributed by atoms with Gasteiger partial charge < -0.3 is 0 Å². The first-order chi connectivity index (χ1) is 7.63. The van der Waals surface area contributed by atoms with Crippen LogP contribution in [0.3, 0.4) is 0 Å². The molecule has 0 atom stereocenters. The minimum absolute atomic E-state index is 0.170. The maximum Gasteiger partial charge on any atom is 0.211 e. The van der Waals surface area contributed by atoms with Gasteiger partial charge >= 0.3 is 0 Å².